The first-order valence-corrected chi connectivity index (χ1v) is 5.70. The molecule has 0 bridgehead atoms. The summed E-state index contributed by atoms with van der Waals surface area (Å²) >= 11 is 0. The molecule has 0 aromatic heterocycles. The van der Waals surface area contributed by atoms with E-state index in [0.29, 0.717) is 12.8 Å². The summed E-state index contributed by atoms with van der Waals surface area (Å²) < 4.78 is 0. The van der Waals surface area contributed by atoms with Gasteiger partial charge >= 0.3 is 0 Å². The highest BCUT2D eigenvalue weighted by molar-refractivity contribution is 5.98. The average Bonchev–Trinajstić information content (AvgIpc) is 2.50. The minimum absolute atomic E-state index is 0.00805. The Labute approximate surface area is 89.8 Å². The smallest absolute Gasteiger partial charge is 0.229 e. The van der Waals surface area contributed by atoms with Gasteiger partial charge in [0.2, 0.25) is 11.8 Å². The first-order valence-electron chi connectivity index (χ1n) is 5.70. The number of carbonyl (C=O) groups is 2. The van der Waals surface area contributed by atoms with E-state index in [1.54, 1.807) is 0 Å². The van der Waals surface area contributed by atoms with Crippen LogP contribution in [0.5, 0.6) is 0 Å². The van der Waals surface area contributed by atoms with Crippen LogP contribution in [0.3, 0.4) is 0 Å². The summed E-state index contributed by atoms with van der Waals surface area (Å²) in [7, 11) is 0. The van der Waals surface area contributed by atoms with Crippen molar-refractivity contribution in [3.8, 4) is 0 Å². The third kappa shape index (κ3) is 1.91. The summed E-state index contributed by atoms with van der Waals surface area (Å²) in [6, 6.07) is -0.0381. The second kappa shape index (κ2) is 3.93. The van der Waals surface area contributed by atoms with Crippen molar-refractivity contribution in [3.05, 3.63) is 0 Å². The normalized spacial score (nSPS) is 33.9. The van der Waals surface area contributed by atoms with E-state index in [4.69, 9.17) is 5.73 Å². The Balaban J connectivity index is 2.13. The molecule has 2 fully saturated rings. The number of nitrogens with zero attached hydrogens (tertiary/aromatic N) is 1. The molecule has 1 saturated carbocycles. The van der Waals surface area contributed by atoms with Crippen molar-refractivity contribution in [2.75, 3.05) is 0 Å². The van der Waals surface area contributed by atoms with Crippen LogP contribution < -0.4 is 5.73 Å². The summed E-state index contributed by atoms with van der Waals surface area (Å²) in [5.41, 5.74) is 5.92. The zero-order chi connectivity index (χ0) is 11.0. The van der Waals surface area contributed by atoms with Crippen LogP contribution in [0.15, 0.2) is 0 Å². The quantitative estimate of drug-likeness (QED) is 0.646. The molecule has 1 heterocycles. The van der Waals surface area contributed by atoms with Gasteiger partial charge in [0.15, 0.2) is 0 Å². The SMILES string of the molecule is CC1CC(=O)N(C2CCCC2N)C(=O)C1. The summed E-state index contributed by atoms with van der Waals surface area (Å²) in [6.45, 7) is 1.95. The zero-order valence-corrected chi connectivity index (χ0v) is 9.11. The zero-order valence-electron chi connectivity index (χ0n) is 9.11. The van der Waals surface area contributed by atoms with Crippen LogP contribution in [-0.2, 0) is 9.59 Å². The molecule has 2 unspecified atom stereocenters. The number of piperidine rings is 1. The lowest BCUT2D eigenvalue weighted by molar-refractivity contribution is -0.152. The predicted molar refractivity (Wildman–Crippen MR) is 55.9 cm³/mol. The molecule has 0 radical (unpaired) electrons. The highest BCUT2D eigenvalue weighted by Gasteiger charge is 2.39. The fraction of sp³-hybridized carbons (Fsp3) is 0.818. The van der Waals surface area contributed by atoms with Gasteiger partial charge in [-0.25, -0.2) is 0 Å². The van der Waals surface area contributed by atoms with Gasteiger partial charge < -0.3 is 5.73 Å². The van der Waals surface area contributed by atoms with Gasteiger partial charge in [-0.05, 0) is 25.2 Å². The topological polar surface area (TPSA) is 63.4 Å². The molecule has 4 heteroatoms. The maximum Gasteiger partial charge on any atom is 0.229 e. The maximum atomic E-state index is 11.8. The van der Waals surface area contributed by atoms with Gasteiger partial charge in [-0.1, -0.05) is 6.92 Å². The van der Waals surface area contributed by atoms with Crippen LogP contribution in [0.1, 0.15) is 39.0 Å². The van der Waals surface area contributed by atoms with E-state index in [0.717, 1.165) is 19.3 Å². The van der Waals surface area contributed by atoms with Gasteiger partial charge in [-0.3, -0.25) is 14.5 Å². The largest absolute Gasteiger partial charge is 0.326 e. The molecule has 2 rings (SSSR count). The molecular weight excluding hydrogens is 192 g/mol. The lowest BCUT2D eigenvalue weighted by atomic mass is 9.95. The number of rotatable bonds is 1. The molecule has 2 N–H and O–H groups in total. The Bertz CT molecular complexity index is 272. The number of carbonyl (C=O) groups excluding carboxylic acids is 2. The van der Waals surface area contributed by atoms with Crippen LogP contribution in [0, 0.1) is 5.92 Å². The molecule has 2 amide bonds. The van der Waals surface area contributed by atoms with Crippen molar-refractivity contribution in [1.29, 1.82) is 0 Å². The Morgan fingerprint density at radius 3 is 2.27 bits per heavy atom. The van der Waals surface area contributed by atoms with Crippen molar-refractivity contribution < 1.29 is 9.59 Å². The second-order valence-electron chi connectivity index (χ2n) is 4.83. The standard InChI is InChI=1S/C11H18N2O2/c1-7-5-10(14)13(11(15)6-7)9-4-2-3-8(9)12/h7-9H,2-6,12H2,1H3. The second-order valence-corrected chi connectivity index (χ2v) is 4.83. The Morgan fingerprint density at radius 2 is 1.80 bits per heavy atom. The number of nitrogens with two attached hydrogens (primary N) is 1. The van der Waals surface area contributed by atoms with Gasteiger partial charge in [0.05, 0.1) is 6.04 Å². The van der Waals surface area contributed by atoms with E-state index in [-0.39, 0.29) is 29.8 Å². The molecule has 0 aromatic rings. The molecule has 2 aliphatic rings. The van der Waals surface area contributed by atoms with E-state index in [1.807, 2.05) is 6.92 Å². The third-order valence-corrected chi connectivity index (χ3v) is 3.45. The van der Waals surface area contributed by atoms with E-state index in [9.17, 15) is 9.59 Å². The first-order chi connectivity index (χ1) is 7.09. The van der Waals surface area contributed by atoms with Crippen LogP contribution in [0.2, 0.25) is 0 Å². The number of imide groups is 1. The monoisotopic (exact) mass is 210 g/mol. The van der Waals surface area contributed by atoms with E-state index < -0.39 is 0 Å². The number of hydrogen-bond acceptors (Lipinski definition) is 3. The lowest BCUT2D eigenvalue weighted by Crippen LogP contribution is -2.53. The van der Waals surface area contributed by atoms with Crippen LogP contribution in [0.4, 0.5) is 0 Å². The summed E-state index contributed by atoms with van der Waals surface area (Å²) in [5, 5.41) is 0. The van der Waals surface area contributed by atoms with Crippen LogP contribution in [0.25, 0.3) is 0 Å². The van der Waals surface area contributed by atoms with Crippen molar-refractivity contribution in [2.45, 2.75) is 51.1 Å². The highest BCUT2D eigenvalue weighted by atomic mass is 16.2. The predicted octanol–water partition coefficient (Wildman–Crippen LogP) is 0.651. The molecule has 1 saturated heterocycles. The number of likely N-dealkylation sites (tertiary alicyclic amines) is 1. The summed E-state index contributed by atoms with van der Waals surface area (Å²) in [4.78, 5) is 25.0. The maximum absolute atomic E-state index is 11.8. The van der Waals surface area contributed by atoms with Gasteiger partial charge in [-0.2, -0.15) is 0 Å². The van der Waals surface area contributed by atoms with Gasteiger partial charge in [0.25, 0.3) is 0 Å². The van der Waals surface area contributed by atoms with Crippen molar-refractivity contribution >= 4 is 11.8 Å². The van der Waals surface area contributed by atoms with Crippen molar-refractivity contribution in [1.82, 2.24) is 4.90 Å². The Hall–Kier alpha value is -0.900. The summed E-state index contributed by atoms with van der Waals surface area (Å²) in [5.74, 6) is 0.140. The van der Waals surface area contributed by atoms with Gasteiger partial charge in [0.1, 0.15) is 0 Å². The molecule has 0 spiro atoms. The minimum Gasteiger partial charge on any atom is -0.326 e. The molecule has 0 aromatic carbocycles. The summed E-state index contributed by atoms with van der Waals surface area (Å²) in [6.07, 6.45) is 3.83. The minimum atomic E-state index is -0.0301. The molecule has 84 valence electrons. The third-order valence-electron chi connectivity index (χ3n) is 3.45. The van der Waals surface area contributed by atoms with Crippen LogP contribution in [-0.4, -0.2) is 28.8 Å². The average molecular weight is 210 g/mol. The Kier molecular flexibility index (Phi) is 2.78. The molecule has 2 atom stereocenters. The van der Waals surface area contributed by atoms with Gasteiger partial charge in [-0.15, -0.1) is 0 Å². The molecule has 1 aliphatic heterocycles. The van der Waals surface area contributed by atoms with Crippen molar-refractivity contribution in [2.24, 2.45) is 11.7 Å². The van der Waals surface area contributed by atoms with Crippen molar-refractivity contribution in [3.63, 3.8) is 0 Å². The van der Waals surface area contributed by atoms with E-state index >= 15 is 0 Å². The highest BCUT2D eigenvalue weighted by Crippen LogP contribution is 2.28. The molecular formula is C11H18N2O2. The number of amides is 2. The molecule has 1 aliphatic carbocycles. The Morgan fingerprint density at radius 1 is 1.20 bits per heavy atom. The lowest BCUT2D eigenvalue weighted by Gasteiger charge is -2.34. The molecule has 4 nitrogen and oxygen atoms in total. The van der Waals surface area contributed by atoms with E-state index in [2.05, 4.69) is 0 Å². The fourth-order valence-corrected chi connectivity index (χ4v) is 2.66. The fourth-order valence-electron chi connectivity index (χ4n) is 2.66. The first kappa shape index (κ1) is 10.6. The van der Waals surface area contributed by atoms with E-state index in [1.165, 1.54) is 4.90 Å². The van der Waals surface area contributed by atoms with Crippen LogP contribution >= 0.6 is 0 Å². The number of hydrogen-bond donors (Lipinski definition) is 1. The van der Waals surface area contributed by atoms with Gasteiger partial charge in [0, 0.05) is 18.9 Å². The molecule has 15 heavy (non-hydrogen) atoms.